The summed E-state index contributed by atoms with van der Waals surface area (Å²) in [5.74, 6) is -1.27. The van der Waals surface area contributed by atoms with Crippen LogP contribution in [0.1, 0.15) is 6.42 Å². The molecule has 0 saturated heterocycles. The molecular weight excluding hydrogens is 168 g/mol. The molecule has 1 aliphatic rings. The summed E-state index contributed by atoms with van der Waals surface area (Å²) in [4.78, 5) is 0. The van der Waals surface area contributed by atoms with Crippen molar-refractivity contribution in [3.8, 4) is 0 Å². The van der Waals surface area contributed by atoms with Gasteiger partial charge in [0, 0.05) is 5.92 Å². The standard InChI is InChI=1S/C9H14B2F2/c10-4-3-7-6(5-11)1-2-8(12)9(7)13/h1-2,6-7H,3-5,10-11H2. The van der Waals surface area contributed by atoms with Gasteiger partial charge in [0.2, 0.25) is 0 Å². The first-order valence-corrected chi connectivity index (χ1v) is 4.94. The number of hydrogen-bond acceptors (Lipinski definition) is 0. The summed E-state index contributed by atoms with van der Waals surface area (Å²) < 4.78 is 26.2. The Morgan fingerprint density at radius 3 is 2.54 bits per heavy atom. The van der Waals surface area contributed by atoms with Crippen LogP contribution in [-0.4, -0.2) is 15.7 Å². The smallest absolute Gasteiger partial charge is 0.154 e. The molecule has 1 rings (SSSR count). The van der Waals surface area contributed by atoms with Crippen molar-refractivity contribution < 1.29 is 8.78 Å². The van der Waals surface area contributed by atoms with Gasteiger partial charge < -0.3 is 0 Å². The molecule has 0 nitrogen and oxygen atoms in total. The van der Waals surface area contributed by atoms with Crippen LogP contribution < -0.4 is 0 Å². The van der Waals surface area contributed by atoms with Gasteiger partial charge in [-0.1, -0.05) is 25.1 Å². The second kappa shape index (κ2) is 4.64. The predicted molar refractivity (Wildman–Crippen MR) is 56.7 cm³/mol. The molecule has 2 unspecified atom stereocenters. The Morgan fingerprint density at radius 1 is 1.31 bits per heavy atom. The van der Waals surface area contributed by atoms with Gasteiger partial charge in [0.1, 0.15) is 21.5 Å². The van der Waals surface area contributed by atoms with E-state index in [-0.39, 0.29) is 11.8 Å². The molecule has 0 aromatic carbocycles. The van der Waals surface area contributed by atoms with E-state index < -0.39 is 11.7 Å². The lowest BCUT2D eigenvalue weighted by Gasteiger charge is -2.24. The summed E-state index contributed by atoms with van der Waals surface area (Å²) >= 11 is 0. The van der Waals surface area contributed by atoms with E-state index in [2.05, 4.69) is 0 Å². The van der Waals surface area contributed by atoms with E-state index in [1.165, 1.54) is 6.08 Å². The molecule has 0 bridgehead atoms. The molecule has 0 amide bonds. The maximum absolute atomic E-state index is 13.3. The highest BCUT2D eigenvalue weighted by Crippen LogP contribution is 2.36. The normalized spacial score (nSPS) is 28.2. The van der Waals surface area contributed by atoms with Gasteiger partial charge in [0.15, 0.2) is 5.83 Å². The van der Waals surface area contributed by atoms with Crippen LogP contribution in [0.2, 0.25) is 12.6 Å². The second-order valence-electron chi connectivity index (χ2n) is 3.52. The molecule has 0 fully saturated rings. The van der Waals surface area contributed by atoms with Crippen molar-refractivity contribution in [1.29, 1.82) is 0 Å². The zero-order chi connectivity index (χ0) is 9.84. The Kier molecular flexibility index (Phi) is 3.76. The fourth-order valence-electron chi connectivity index (χ4n) is 1.86. The zero-order valence-electron chi connectivity index (χ0n) is 8.19. The van der Waals surface area contributed by atoms with Crippen LogP contribution in [0.3, 0.4) is 0 Å². The highest BCUT2D eigenvalue weighted by atomic mass is 19.2. The van der Waals surface area contributed by atoms with Crippen molar-refractivity contribution in [3.05, 3.63) is 23.8 Å². The summed E-state index contributed by atoms with van der Waals surface area (Å²) in [6, 6.07) is 0. The molecule has 0 aromatic rings. The first-order valence-electron chi connectivity index (χ1n) is 4.94. The summed E-state index contributed by atoms with van der Waals surface area (Å²) in [5.41, 5.74) is 0. The largest absolute Gasteiger partial charge is 0.208 e. The first-order chi connectivity index (χ1) is 6.20. The predicted octanol–water partition coefficient (Wildman–Crippen LogP) is 1.43. The number of halogens is 2. The molecular formula is C9H14B2F2. The van der Waals surface area contributed by atoms with E-state index in [1.807, 2.05) is 15.7 Å². The lowest BCUT2D eigenvalue weighted by Crippen LogP contribution is -2.16. The average Bonchev–Trinajstić information content (AvgIpc) is 2.14. The van der Waals surface area contributed by atoms with E-state index in [0.29, 0.717) is 0 Å². The van der Waals surface area contributed by atoms with Gasteiger partial charge in [-0.3, -0.25) is 0 Å². The number of hydrogen-bond donors (Lipinski definition) is 0. The molecule has 2 atom stereocenters. The van der Waals surface area contributed by atoms with Crippen LogP contribution in [0.15, 0.2) is 23.8 Å². The van der Waals surface area contributed by atoms with Crippen molar-refractivity contribution >= 4 is 15.7 Å². The van der Waals surface area contributed by atoms with Crippen LogP contribution in [-0.2, 0) is 0 Å². The average molecular weight is 182 g/mol. The van der Waals surface area contributed by atoms with E-state index in [9.17, 15) is 8.78 Å². The monoisotopic (exact) mass is 182 g/mol. The molecule has 0 heterocycles. The molecule has 0 radical (unpaired) electrons. The Morgan fingerprint density at radius 2 is 2.00 bits per heavy atom. The van der Waals surface area contributed by atoms with Crippen LogP contribution in [0.4, 0.5) is 8.78 Å². The van der Waals surface area contributed by atoms with Gasteiger partial charge in [0.05, 0.1) is 0 Å². The number of allylic oxidation sites excluding steroid dienone is 4. The van der Waals surface area contributed by atoms with Crippen molar-refractivity contribution in [1.82, 2.24) is 0 Å². The van der Waals surface area contributed by atoms with Gasteiger partial charge >= 0.3 is 0 Å². The molecule has 0 saturated carbocycles. The Labute approximate surface area is 79.9 Å². The quantitative estimate of drug-likeness (QED) is 0.579. The number of rotatable bonds is 3. The Hall–Kier alpha value is -0.530. The minimum Gasteiger partial charge on any atom is -0.208 e. The molecule has 0 N–H and O–H groups in total. The molecule has 0 spiro atoms. The van der Waals surface area contributed by atoms with Crippen molar-refractivity contribution in [2.75, 3.05) is 0 Å². The van der Waals surface area contributed by atoms with Crippen LogP contribution >= 0.6 is 0 Å². The van der Waals surface area contributed by atoms with E-state index in [0.717, 1.165) is 19.1 Å². The van der Waals surface area contributed by atoms with Crippen molar-refractivity contribution in [3.63, 3.8) is 0 Å². The van der Waals surface area contributed by atoms with Crippen LogP contribution in [0.25, 0.3) is 0 Å². The molecule has 1 aliphatic carbocycles. The summed E-state index contributed by atoms with van der Waals surface area (Å²) in [7, 11) is 4.00. The van der Waals surface area contributed by atoms with E-state index >= 15 is 0 Å². The third-order valence-electron chi connectivity index (χ3n) is 2.63. The van der Waals surface area contributed by atoms with Crippen LogP contribution in [0, 0.1) is 11.8 Å². The van der Waals surface area contributed by atoms with Crippen molar-refractivity contribution in [2.45, 2.75) is 19.1 Å². The highest BCUT2D eigenvalue weighted by Gasteiger charge is 2.27. The minimum absolute atomic E-state index is 0.180. The first kappa shape index (κ1) is 10.6. The lowest BCUT2D eigenvalue weighted by atomic mass is 9.75. The maximum Gasteiger partial charge on any atom is 0.154 e. The third kappa shape index (κ3) is 2.23. The zero-order valence-corrected chi connectivity index (χ0v) is 8.19. The Bertz CT molecular complexity index is 236. The molecule has 0 aliphatic heterocycles. The second-order valence-corrected chi connectivity index (χ2v) is 3.52. The molecule has 13 heavy (non-hydrogen) atoms. The summed E-state index contributed by atoms with van der Waals surface area (Å²) in [5, 5.41) is 0. The fraction of sp³-hybridized carbons (Fsp3) is 0.556. The van der Waals surface area contributed by atoms with Gasteiger partial charge in [-0.15, -0.1) is 0 Å². The van der Waals surface area contributed by atoms with Crippen molar-refractivity contribution in [2.24, 2.45) is 11.8 Å². The Balaban J connectivity index is 2.79. The van der Waals surface area contributed by atoms with E-state index in [1.54, 1.807) is 6.08 Å². The van der Waals surface area contributed by atoms with Gasteiger partial charge in [-0.05, 0) is 12.0 Å². The summed E-state index contributed by atoms with van der Waals surface area (Å²) in [6.45, 7) is 0. The lowest BCUT2D eigenvalue weighted by molar-refractivity contribution is 0.355. The maximum atomic E-state index is 13.3. The highest BCUT2D eigenvalue weighted by molar-refractivity contribution is 6.09. The molecule has 0 aromatic heterocycles. The van der Waals surface area contributed by atoms with Gasteiger partial charge in [0.25, 0.3) is 0 Å². The van der Waals surface area contributed by atoms with Gasteiger partial charge in [-0.2, -0.15) is 0 Å². The summed E-state index contributed by atoms with van der Waals surface area (Å²) in [6.07, 6.45) is 5.56. The third-order valence-corrected chi connectivity index (χ3v) is 2.63. The molecule has 4 heteroatoms. The fourth-order valence-corrected chi connectivity index (χ4v) is 1.86. The van der Waals surface area contributed by atoms with E-state index in [4.69, 9.17) is 0 Å². The minimum atomic E-state index is -0.678. The van der Waals surface area contributed by atoms with Crippen LogP contribution in [0.5, 0.6) is 0 Å². The SMILES string of the molecule is BCCC1C(F)=C(F)C=CC1CB. The van der Waals surface area contributed by atoms with Gasteiger partial charge in [-0.25, -0.2) is 8.78 Å². The topological polar surface area (TPSA) is 0 Å². The molecule has 70 valence electrons.